The van der Waals surface area contributed by atoms with Gasteiger partial charge in [0.1, 0.15) is 6.17 Å². The molecule has 6 rings (SSSR count). The number of halogens is 1. The molecule has 2 aliphatic rings. The van der Waals surface area contributed by atoms with E-state index in [1.165, 1.54) is 18.1 Å². The molecule has 0 saturated carbocycles. The van der Waals surface area contributed by atoms with Crippen molar-refractivity contribution in [3.8, 4) is 16.9 Å². The fourth-order valence-electron chi connectivity index (χ4n) is 5.80. The van der Waals surface area contributed by atoms with Gasteiger partial charge < -0.3 is 14.8 Å². The molecule has 2 fully saturated rings. The molecule has 0 radical (unpaired) electrons. The number of piperidine rings is 1. The smallest absolute Gasteiger partial charge is 0.262 e. The molecule has 4 aromatic rings. The molecule has 0 aliphatic carbocycles. The van der Waals surface area contributed by atoms with Crippen molar-refractivity contribution >= 4 is 16.0 Å². The number of anilines is 1. The van der Waals surface area contributed by atoms with Gasteiger partial charge in [0.05, 0.1) is 29.9 Å². The molecule has 0 amide bonds. The van der Waals surface area contributed by atoms with Gasteiger partial charge in [-0.1, -0.05) is 12.1 Å². The number of alkyl halides is 1. The number of piperazine rings is 1. The molecule has 12 nitrogen and oxygen atoms in total. The summed E-state index contributed by atoms with van der Waals surface area (Å²) in [5.74, 6) is 0.288. The predicted molar refractivity (Wildman–Crippen MR) is 166 cm³/mol. The Bertz CT molecular complexity index is 1730. The Kier molecular flexibility index (Phi) is 8.51. The molecule has 0 spiro atoms. The summed E-state index contributed by atoms with van der Waals surface area (Å²) in [4.78, 5) is 17.9. The van der Waals surface area contributed by atoms with E-state index in [1.807, 2.05) is 17.8 Å². The number of benzene rings is 1. The average Bonchev–Trinajstić information content (AvgIpc) is 3.66. The third kappa shape index (κ3) is 6.39. The Morgan fingerprint density at radius 2 is 1.80 bits per heavy atom. The Hall–Kier alpha value is -3.72. The van der Waals surface area contributed by atoms with Crippen LogP contribution in [0.25, 0.3) is 16.9 Å². The molecule has 3 aromatic heterocycles. The quantitative estimate of drug-likeness (QED) is 0.317. The van der Waals surface area contributed by atoms with Gasteiger partial charge in [0, 0.05) is 77.0 Å². The molecule has 1 N–H and O–H groups in total. The second-order valence-electron chi connectivity index (χ2n) is 11.9. The lowest BCUT2D eigenvalue weighted by atomic mass is 10.1. The van der Waals surface area contributed by atoms with E-state index >= 15 is 4.39 Å². The fourth-order valence-corrected chi connectivity index (χ4v) is 7.22. The molecule has 1 aromatic carbocycles. The van der Waals surface area contributed by atoms with Crippen LogP contribution >= 0.6 is 0 Å². The lowest BCUT2D eigenvalue weighted by Crippen LogP contribution is -2.50. The minimum atomic E-state index is -3.86. The first-order valence-electron chi connectivity index (χ1n) is 14.8. The standard InChI is InChI=1S/C30H39FN10O2S/c1-21-13-23(16-39-11-9-37(3)10-12-39)5-6-27(21)41-17-24(15-34-41)29-22(2)14-32-30(36-29)35-26-7-8-40(18-25(26)31)44(42,43)28-19-38(4)20-33-28/h5-6,13-15,17,19-20,25-26H,7-12,16,18H2,1-4H3,(H,32,35,36)/t25-,26+/m1/s1. The van der Waals surface area contributed by atoms with Crippen molar-refractivity contribution in [3.05, 3.63) is 66.0 Å². The Balaban J connectivity index is 1.12. The first-order chi connectivity index (χ1) is 21.1. The predicted octanol–water partition coefficient (Wildman–Crippen LogP) is 2.64. The molecule has 2 atom stereocenters. The molecule has 0 unspecified atom stereocenters. The summed E-state index contributed by atoms with van der Waals surface area (Å²) < 4.78 is 45.7. The van der Waals surface area contributed by atoms with E-state index in [4.69, 9.17) is 4.98 Å². The number of aryl methyl sites for hydroxylation is 3. The molecular formula is C30H39FN10O2S. The Morgan fingerprint density at radius 3 is 2.50 bits per heavy atom. The van der Waals surface area contributed by atoms with Gasteiger partial charge in [-0.2, -0.15) is 9.40 Å². The van der Waals surface area contributed by atoms with Gasteiger partial charge in [-0.25, -0.2) is 32.4 Å². The summed E-state index contributed by atoms with van der Waals surface area (Å²) in [5.41, 5.74) is 5.81. The van der Waals surface area contributed by atoms with E-state index in [-0.39, 0.29) is 30.5 Å². The highest BCUT2D eigenvalue weighted by molar-refractivity contribution is 7.89. The number of hydrogen-bond acceptors (Lipinski definition) is 9. The normalized spacial score (nSPS) is 20.7. The van der Waals surface area contributed by atoms with E-state index in [1.54, 1.807) is 24.0 Å². The van der Waals surface area contributed by atoms with Gasteiger partial charge >= 0.3 is 0 Å². The van der Waals surface area contributed by atoms with Crippen LogP contribution in [0.4, 0.5) is 10.3 Å². The maximum absolute atomic E-state index is 15.3. The molecule has 44 heavy (non-hydrogen) atoms. The molecule has 0 bridgehead atoms. The number of hydrogen-bond donors (Lipinski definition) is 1. The molecule has 234 valence electrons. The van der Waals surface area contributed by atoms with Crippen LogP contribution in [0.3, 0.4) is 0 Å². The van der Waals surface area contributed by atoms with Crippen LogP contribution in [-0.2, 0) is 23.6 Å². The van der Waals surface area contributed by atoms with Crippen LogP contribution in [0.2, 0.25) is 0 Å². The second kappa shape index (κ2) is 12.3. The van der Waals surface area contributed by atoms with E-state index in [2.05, 4.69) is 62.4 Å². The van der Waals surface area contributed by atoms with Gasteiger partial charge in [0.15, 0.2) is 5.03 Å². The highest BCUT2D eigenvalue weighted by Gasteiger charge is 2.37. The molecule has 2 saturated heterocycles. The highest BCUT2D eigenvalue weighted by Crippen LogP contribution is 2.27. The highest BCUT2D eigenvalue weighted by atomic mass is 32.2. The lowest BCUT2D eigenvalue weighted by molar-refractivity contribution is 0.148. The minimum Gasteiger partial charge on any atom is -0.348 e. The molecular weight excluding hydrogens is 583 g/mol. The molecule has 5 heterocycles. The van der Waals surface area contributed by atoms with Crippen molar-refractivity contribution in [1.29, 1.82) is 0 Å². The summed E-state index contributed by atoms with van der Waals surface area (Å²) in [6.45, 7) is 9.20. The van der Waals surface area contributed by atoms with Crippen molar-refractivity contribution in [3.63, 3.8) is 0 Å². The van der Waals surface area contributed by atoms with Crippen LogP contribution in [0.1, 0.15) is 23.1 Å². The number of imidazole rings is 1. The number of nitrogens with one attached hydrogen (secondary N) is 1. The molecule has 14 heteroatoms. The lowest BCUT2D eigenvalue weighted by Gasteiger charge is -2.33. The maximum atomic E-state index is 15.3. The Labute approximate surface area is 257 Å². The van der Waals surface area contributed by atoms with E-state index in [9.17, 15) is 8.42 Å². The van der Waals surface area contributed by atoms with Crippen molar-refractivity contribution < 1.29 is 12.8 Å². The zero-order valence-corrected chi connectivity index (χ0v) is 26.4. The summed E-state index contributed by atoms with van der Waals surface area (Å²) in [7, 11) is -0.00787. The van der Waals surface area contributed by atoms with Crippen molar-refractivity contribution in [2.24, 2.45) is 7.05 Å². The summed E-state index contributed by atoms with van der Waals surface area (Å²) in [6, 6.07) is 5.88. The number of rotatable bonds is 8. The van der Waals surface area contributed by atoms with Crippen LogP contribution in [0.15, 0.2) is 54.3 Å². The van der Waals surface area contributed by atoms with Gasteiger partial charge in [0.2, 0.25) is 5.95 Å². The topological polar surface area (TPSA) is 117 Å². The van der Waals surface area contributed by atoms with Crippen molar-refractivity contribution in [1.82, 2.24) is 43.4 Å². The van der Waals surface area contributed by atoms with E-state index in [0.29, 0.717) is 5.69 Å². The number of aromatic nitrogens is 6. The first-order valence-corrected chi connectivity index (χ1v) is 16.3. The van der Waals surface area contributed by atoms with Crippen molar-refractivity contribution in [2.45, 2.75) is 44.1 Å². The van der Waals surface area contributed by atoms with Gasteiger partial charge in [0.25, 0.3) is 10.0 Å². The maximum Gasteiger partial charge on any atom is 0.262 e. The van der Waals surface area contributed by atoms with Crippen LogP contribution in [0.5, 0.6) is 0 Å². The zero-order valence-electron chi connectivity index (χ0n) is 25.6. The average molecular weight is 623 g/mol. The van der Waals surface area contributed by atoms with Gasteiger partial charge in [-0.15, -0.1) is 0 Å². The monoisotopic (exact) mass is 622 g/mol. The largest absolute Gasteiger partial charge is 0.348 e. The third-order valence-electron chi connectivity index (χ3n) is 8.44. The van der Waals surface area contributed by atoms with Crippen LogP contribution < -0.4 is 5.32 Å². The summed E-state index contributed by atoms with van der Waals surface area (Å²) >= 11 is 0. The second-order valence-corrected chi connectivity index (χ2v) is 13.8. The molecule has 2 aliphatic heterocycles. The van der Waals surface area contributed by atoms with Crippen LogP contribution in [-0.4, -0.2) is 110 Å². The summed E-state index contributed by atoms with van der Waals surface area (Å²) in [6.07, 6.45) is 7.08. The SMILES string of the molecule is Cc1cc(CN2CCN(C)CC2)ccc1-n1cc(-c2nc(N[C@H]3CCN(S(=O)(=O)c4cn(C)cn4)C[C@H]3F)ncc2C)cn1. The van der Waals surface area contributed by atoms with Gasteiger partial charge in [-0.05, 0) is 50.1 Å². The van der Waals surface area contributed by atoms with E-state index < -0.39 is 22.2 Å². The zero-order chi connectivity index (χ0) is 31.0. The Morgan fingerprint density at radius 1 is 1.00 bits per heavy atom. The minimum absolute atomic E-state index is 0.0811. The number of sulfonamides is 1. The fraction of sp³-hybridized carbons (Fsp3) is 0.467. The van der Waals surface area contributed by atoms with Gasteiger partial charge in [-0.3, -0.25) is 4.90 Å². The third-order valence-corrected chi connectivity index (χ3v) is 10.2. The van der Waals surface area contributed by atoms with Crippen molar-refractivity contribution in [2.75, 3.05) is 51.6 Å². The summed E-state index contributed by atoms with van der Waals surface area (Å²) in [5, 5.41) is 7.64. The van der Waals surface area contributed by atoms with Crippen LogP contribution in [0, 0.1) is 13.8 Å². The number of likely N-dealkylation sites (N-methyl/N-ethyl adjacent to an activating group) is 1. The first kappa shape index (κ1) is 30.3. The number of nitrogens with zero attached hydrogens (tertiary/aromatic N) is 9. The van der Waals surface area contributed by atoms with E-state index in [0.717, 1.165) is 59.4 Å².